The first-order valence-electron chi connectivity index (χ1n) is 22.9. The largest absolute Gasteiger partial charge is 0.310 e. The summed E-state index contributed by atoms with van der Waals surface area (Å²) in [6, 6.07) is 84.4. The molecule has 10 aromatic rings. The third kappa shape index (κ3) is 5.50. The maximum atomic E-state index is 2.54. The molecule has 0 unspecified atom stereocenters. The number of fused-ring (bicyclic) bond motifs is 12. The van der Waals surface area contributed by atoms with Gasteiger partial charge >= 0.3 is 0 Å². The summed E-state index contributed by atoms with van der Waals surface area (Å²) in [6.07, 6.45) is 4.85. The van der Waals surface area contributed by atoms with Crippen LogP contribution in [0.4, 0.5) is 17.1 Å². The maximum Gasteiger partial charge on any atom is 0.0726 e. The van der Waals surface area contributed by atoms with Gasteiger partial charge in [-0.25, -0.2) is 0 Å². The van der Waals surface area contributed by atoms with Crippen LogP contribution >= 0.6 is 0 Å². The van der Waals surface area contributed by atoms with Gasteiger partial charge in [-0.15, -0.1) is 0 Å². The summed E-state index contributed by atoms with van der Waals surface area (Å²) in [5.74, 6) is 0. The van der Waals surface area contributed by atoms with E-state index in [1.165, 1.54) is 119 Å². The van der Waals surface area contributed by atoms with Gasteiger partial charge in [-0.2, -0.15) is 0 Å². The first-order valence-corrected chi connectivity index (χ1v) is 22.9. The van der Waals surface area contributed by atoms with Crippen molar-refractivity contribution in [2.45, 2.75) is 31.1 Å². The molecule has 13 rings (SSSR count). The van der Waals surface area contributed by atoms with E-state index in [0.29, 0.717) is 0 Å². The van der Waals surface area contributed by atoms with Gasteiger partial charge in [0.05, 0.1) is 11.1 Å². The Balaban J connectivity index is 1.09. The lowest BCUT2D eigenvalue weighted by Gasteiger charge is -2.33. The summed E-state index contributed by atoms with van der Waals surface area (Å²) < 4.78 is 0. The zero-order valence-electron chi connectivity index (χ0n) is 35.6. The number of nitrogens with zero attached hydrogens (tertiary/aromatic N) is 1. The molecule has 64 heavy (non-hydrogen) atoms. The molecule has 0 bridgehead atoms. The van der Waals surface area contributed by atoms with Crippen LogP contribution in [0.25, 0.3) is 66.4 Å². The molecule has 0 amide bonds. The third-order valence-corrected chi connectivity index (χ3v) is 14.5. The Bertz CT molecular complexity index is 3390. The van der Waals surface area contributed by atoms with Crippen molar-refractivity contribution in [2.75, 3.05) is 4.90 Å². The van der Waals surface area contributed by atoms with Crippen molar-refractivity contribution in [1.29, 1.82) is 0 Å². The molecule has 302 valence electrons. The van der Waals surface area contributed by atoms with Crippen molar-refractivity contribution in [3.8, 4) is 55.6 Å². The fraction of sp³-hybridized carbons (Fsp3) is 0.0794. The lowest BCUT2D eigenvalue weighted by molar-refractivity contribution is 0.687. The van der Waals surface area contributed by atoms with Crippen LogP contribution < -0.4 is 4.90 Å². The molecule has 0 heterocycles. The van der Waals surface area contributed by atoms with Gasteiger partial charge in [-0.05, 0) is 156 Å². The zero-order valence-corrected chi connectivity index (χ0v) is 35.6. The Morgan fingerprint density at radius 1 is 0.328 bits per heavy atom. The number of rotatable bonds is 6. The van der Waals surface area contributed by atoms with E-state index in [1.54, 1.807) is 0 Å². The smallest absolute Gasteiger partial charge is 0.0726 e. The highest BCUT2D eigenvalue weighted by molar-refractivity contribution is 6.03. The summed E-state index contributed by atoms with van der Waals surface area (Å²) in [6.45, 7) is 0. The van der Waals surface area contributed by atoms with Crippen LogP contribution in [0.2, 0.25) is 0 Å². The molecule has 0 aromatic heterocycles. The Labute approximate surface area is 375 Å². The molecule has 0 aliphatic heterocycles. The number of hydrogen-bond acceptors (Lipinski definition) is 1. The highest BCUT2D eigenvalue weighted by Crippen LogP contribution is 2.64. The van der Waals surface area contributed by atoms with Crippen molar-refractivity contribution >= 4 is 27.8 Å². The molecule has 0 N–H and O–H groups in total. The third-order valence-electron chi connectivity index (χ3n) is 14.5. The molecule has 0 atom stereocenters. The van der Waals surface area contributed by atoms with Crippen LogP contribution in [0.1, 0.15) is 46.2 Å². The van der Waals surface area contributed by atoms with Crippen LogP contribution in [0.15, 0.2) is 224 Å². The second-order valence-electron chi connectivity index (χ2n) is 17.8. The molecule has 1 spiro atoms. The van der Waals surface area contributed by atoms with Gasteiger partial charge in [0.2, 0.25) is 0 Å². The normalized spacial score (nSPS) is 13.8. The first kappa shape index (κ1) is 36.9. The zero-order chi connectivity index (χ0) is 42.2. The van der Waals surface area contributed by atoms with E-state index >= 15 is 0 Å². The maximum absolute atomic E-state index is 2.54. The Morgan fingerprint density at radius 3 is 1.61 bits per heavy atom. The van der Waals surface area contributed by atoms with Gasteiger partial charge in [0.1, 0.15) is 0 Å². The molecule has 0 saturated heterocycles. The molecular formula is C63H45N. The van der Waals surface area contributed by atoms with E-state index in [9.17, 15) is 0 Å². The van der Waals surface area contributed by atoms with E-state index in [0.717, 1.165) is 23.5 Å². The fourth-order valence-corrected chi connectivity index (χ4v) is 11.7. The Morgan fingerprint density at radius 2 is 0.875 bits per heavy atom. The summed E-state index contributed by atoms with van der Waals surface area (Å²) in [5.41, 5.74) is 24.0. The average molecular weight is 816 g/mol. The van der Waals surface area contributed by atoms with Crippen LogP contribution in [-0.2, 0) is 18.3 Å². The van der Waals surface area contributed by atoms with Gasteiger partial charge in [0, 0.05) is 16.9 Å². The van der Waals surface area contributed by atoms with Crippen molar-refractivity contribution < 1.29 is 0 Å². The van der Waals surface area contributed by atoms with E-state index in [-0.39, 0.29) is 0 Å². The van der Waals surface area contributed by atoms with Crippen LogP contribution in [-0.4, -0.2) is 0 Å². The molecule has 3 aliphatic carbocycles. The van der Waals surface area contributed by atoms with Crippen molar-refractivity contribution in [1.82, 2.24) is 0 Å². The summed E-state index contributed by atoms with van der Waals surface area (Å²) >= 11 is 0. The second kappa shape index (κ2) is 14.7. The predicted octanol–water partition coefficient (Wildman–Crippen LogP) is 16.5. The second-order valence-corrected chi connectivity index (χ2v) is 17.8. The summed E-state index contributed by atoms with van der Waals surface area (Å²) in [4.78, 5) is 2.53. The molecule has 0 radical (unpaired) electrons. The Kier molecular flexibility index (Phi) is 8.46. The van der Waals surface area contributed by atoms with E-state index in [2.05, 4.69) is 229 Å². The molecule has 0 fully saturated rings. The summed E-state index contributed by atoms with van der Waals surface area (Å²) in [7, 11) is 0. The molecular weight excluding hydrogens is 771 g/mol. The Hall–Kier alpha value is -7.74. The highest BCUT2D eigenvalue weighted by Gasteiger charge is 2.52. The van der Waals surface area contributed by atoms with Crippen LogP contribution in [0, 0.1) is 0 Å². The van der Waals surface area contributed by atoms with Crippen molar-refractivity contribution in [3.05, 3.63) is 258 Å². The lowest BCUT2D eigenvalue weighted by Crippen LogP contribution is -2.26. The molecule has 3 aliphatic rings. The van der Waals surface area contributed by atoms with E-state index in [4.69, 9.17) is 0 Å². The highest BCUT2D eigenvalue weighted by atomic mass is 15.1. The fourth-order valence-electron chi connectivity index (χ4n) is 11.7. The van der Waals surface area contributed by atoms with Gasteiger partial charge in [0.25, 0.3) is 0 Å². The number of hydrogen-bond donors (Lipinski definition) is 0. The quantitative estimate of drug-likeness (QED) is 0.162. The standard InChI is InChI=1S/C63H45N/c1-3-17-43(18-4-1)52-29-16-32-59-62(52)55-38-37-49(41-60(55)63(59)57-30-13-11-26-53(57)54-27-12-14-31-58(54)63)64(48-35-33-45(34-36-48)51-28-15-24-42-21-9-10-25-50(42)51)61-40-47-23-8-7-22-46(47)39-56(61)44-19-5-2-6-20-44/h1-8,11-20,22-24,26-41H,9-10,21,25H2. The minimum atomic E-state index is -0.508. The molecule has 10 aromatic carbocycles. The first-order chi connectivity index (χ1) is 31.8. The monoisotopic (exact) mass is 815 g/mol. The van der Waals surface area contributed by atoms with Gasteiger partial charge in [-0.3, -0.25) is 0 Å². The van der Waals surface area contributed by atoms with Crippen molar-refractivity contribution in [3.63, 3.8) is 0 Å². The average Bonchev–Trinajstić information content (AvgIpc) is 3.84. The van der Waals surface area contributed by atoms with E-state index < -0.39 is 5.41 Å². The van der Waals surface area contributed by atoms with Gasteiger partial charge in [-0.1, -0.05) is 188 Å². The topological polar surface area (TPSA) is 3.24 Å². The molecule has 0 saturated carbocycles. The van der Waals surface area contributed by atoms with Gasteiger partial charge in [0.15, 0.2) is 0 Å². The molecule has 1 nitrogen and oxygen atoms in total. The minimum absolute atomic E-state index is 0.508. The number of aryl methyl sites for hydroxylation is 1. The number of anilines is 3. The minimum Gasteiger partial charge on any atom is -0.310 e. The number of benzene rings is 10. The van der Waals surface area contributed by atoms with Crippen LogP contribution in [0.3, 0.4) is 0 Å². The predicted molar refractivity (Wildman–Crippen MR) is 268 cm³/mol. The molecule has 1 heteroatoms. The van der Waals surface area contributed by atoms with Crippen LogP contribution in [0.5, 0.6) is 0 Å². The van der Waals surface area contributed by atoms with Gasteiger partial charge < -0.3 is 4.90 Å². The van der Waals surface area contributed by atoms with E-state index in [1.807, 2.05) is 0 Å². The van der Waals surface area contributed by atoms with Crippen molar-refractivity contribution in [2.24, 2.45) is 0 Å². The SMILES string of the molecule is c1ccc(-c2cc3ccccc3cc2N(c2ccc(-c3cccc4c3CCCC4)cc2)c2ccc3c(c2)C2(c4ccccc4-c4ccccc42)c2cccc(-c4ccccc4)c2-3)cc1. The summed E-state index contributed by atoms with van der Waals surface area (Å²) in [5, 5.41) is 2.44. The lowest BCUT2D eigenvalue weighted by atomic mass is 9.70.